The Labute approximate surface area is 241 Å². The smallest absolute Gasteiger partial charge is 0.328 e. The van der Waals surface area contributed by atoms with Crippen LogP contribution in [0.2, 0.25) is 0 Å². The van der Waals surface area contributed by atoms with Crippen LogP contribution in [0.5, 0.6) is 0 Å². The van der Waals surface area contributed by atoms with Crippen molar-refractivity contribution in [2.24, 2.45) is 0 Å². The average molecular weight is 573 g/mol. The number of aliphatic hydroxyl groups is 1. The van der Waals surface area contributed by atoms with E-state index in [2.05, 4.69) is 49.5 Å². The number of hydrogen-bond acceptors (Lipinski definition) is 5. The molecule has 0 saturated carbocycles. The summed E-state index contributed by atoms with van der Waals surface area (Å²) < 4.78 is 27.8. The molecule has 4 aromatic carbocycles. The number of benzene rings is 4. The number of aliphatic hydroxyl groups excluding tert-OH is 1. The van der Waals surface area contributed by atoms with Crippen LogP contribution in [-0.2, 0) is 21.2 Å². The van der Waals surface area contributed by atoms with Gasteiger partial charge < -0.3 is 15.5 Å². The van der Waals surface area contributed by atoms with Crippen LogP contribution in [-0.4, -0.2) is 60.7 Å². The summed E-state index contributed by atoms with van der Waals surface area (Å²) >= 11 is 0. The van der Waals surface area contributed by atoms with Crippen LogP contribution in [0.25, 0.3) is 28.0 Å². The van der Waals surface area contributed by atoms with Crippen LogP contribution in [0.3, 0.4) is 0 Å². The van der Waals surface area contributed by atoms with Gasteiger partial charge in [-0.25, -0.2) is 13.2 Å². The zero-order chi connectivity index (χ0) is 29.6. The molecule has 4 rings (SSSR count). The summed E-state index contributed by atoms with van der Waals surface area (Å²) in [5.41, 5.74) is 3.11. The van der Waals surface area contributed by atoms with Gasteiger partial charge in [-0.2, -0.15) is 4.31 Å². The third-order valence-electron chi connectivity index (χ3n) is 6.95. The molecule has 0 saturated heterocycles. The van der Waals surface area contributed by atoms with Gasteiger partial charge in [-0.15, -0.1) is 0 Å². The van der Waals surface area contributed by atoms with Crippen LogP contribution in [0.1, 0.15) is 25.0 Å². The minimum atomic E-state index is -3.84. The van der Waals surface area contributed by atoms with E-state index in [1.165, 1.54) is 39.8 Å². The van der Waals surface area contributed by atoms with Crippen LogP contribution in [0.15, 0.2) is 102 Å². The van der Waals surface area contributed by atoms with Gasteiger partial charge in [0.1, 0.15) is 0 Å². The molecule has 0 heterocycles. The highest BCUT2D eigenvalue weighted by atomic mass is 32.2. The summed E-state index contributed by atoms with van der Waals surface area (Å²) in [6, 6.07) is 28.4. The van der Waals surface area contributed by atoms with Crippen molar-refractivity contribution in [2.75, 3.05) is 20.1 Å². The van der Waals surface area contributed by atoms with Gasteiger partial charge in [0.2, 0.25) is 10.0 Å². The van der Waals surface area contributed by atoms with Crippen molar-refractivity contribution >= 4 is 32.8 Å². The molecule has 7 nitrogen and oxygen atoms in total. The number of sulfonamides is 1. The minimum absolute atomic E-state index is 0.0593. The Bertz CT molecular complexity index is 1650. The molecule has 214 valence electrons. The summed E-state index contributed by atoms with van der Waals surface area (Å²) in [5, 5.41) is 25.3. The molecule has 4 aromatic rings. The normalized spacial score (nSPS) is 13.2. The van der Waals surface area contributed by atoms with E-state index in [1.807, 2.05) is 30.3 Å². The predicted octanol–water partition coefficient (Wildman–Crippen LogP) is 5.20. The maximum absolute atomic E-state index is 13.3. The van der Waals surface area contributed by atoms with Crippen molar-refractivity contribution in [3.8, 4) is 11.1 Å². The van der Waals surface area contributed by atoms with Gasteiger partial charge in [0.25, 0.3) is 0 Å². The van der Waals surface area contributed by atoms with Crippen molar-refractivity contribution in [3.63, 3.8) is 0 Å². The highest BCUT2D eigenvalue weighted by Crippen LogP contribution is 2.25. The van der Waals surface area contributed by atoms with E-state index in [0.717, 1.165) is 23.6 Å². The molecule has 0 aromatic heterocycles. The van der Waals surface area contributed by atoms with Gasteiger partial charge in [0.15, 0.2) is 0 Å². The molecule has 0 bridgehead atoms. The lowest BCUT2D eigenvalue weighted by molar-refractivity contribution is -0.131. The van der Waals surface area contributed by atoms with Crippen LogP contribution >= 0.6 is 0 Å². The van der Waals surface area contributed by atoms with E-state index >= 15 is 0 Å². The second-order valence-electron chi connectivity index (χ2n) is 10.9. The molecule has 0 amide bonds. The first-order chi connectivity index (χ1) is 19.4. The fraction of sp³-hybridized carbons (Fsp3) is 0.242. The van der Waals surface area contributed by atoms with Crippen LogP contribution < -0.4 is 5.32 Å². The number of carboxylic acid groups (broad SMARTS) is 1. The van der Waals surface area contributed by atoms with Gasteiger partial charge in [-0.1, -0.05) is 78.9 Å². The fourth-order valence-corrected chi connectivity index (χ4v) is 6.00. The number of β-amino-alcohol motifs (C(OH)–C–C–N with tert-alkyl or cyclic N) is 1. The number of aliphatic carboxylic acids is 1. The van der Waals surface area contributed by atoms with Gasteiger partial charge in [-0.05, 0) is 71.5 Å². The largest absolute Gasteiger partial charge is 0.478 e. The highest BCUT2D eigenvalue weighted by Gasteiger charge is 2.25. The molecular formula is C33H36N2O5S. The molecule has 1 atom stereocenters. The molecule has 3 N–H and O–H groups in total. The van der Waals surface area contributed by atoms with Crippen molar-refractivity contribution in [1.29, 1.82) is 0 Å². The molecule has 41 heavy (non-hydrogen) atoms. The first-order valence-corrected chi connectivity index (χ1v) is 14.9. The van der Waals surface area contributed by atoms with E-state index < -0.39 is 22.1 Å². The van der Waals surface area contributed by atoms with E-state index in [4.69, 9.17) is 5.11 Å². The monoisotopic (exact) mass is 572 g/mol. The van der Waals surface area contributed by atoms with E-state index in [-0.39, 0.29) is 23.5 Å². The average Bonchev–Trinajstić information content (AvgIpc) is 2.95. The first kappa shape index (κ1) is 30.1. The Morgan fingerprint density at radius 2 is 1.63 bits per heavy atom. The third-order valence-corrected chi connectivity index (χ3v) is 8.77. The van der Waals surface area contributed by atoms with Gasteiger partial charge >= 0.3 is 5.97 Å². The second-order valence-corrected chi connectivity index (χ2v) is 12.9. The second kappa shape index (κ2) is 12.8. The van der Waals surface area contributed by atoms with Crippen molar-refractivity contribution in [1.82, 2.24) is 9.62 Å². The third kappa shape index (κ3) is 8.11. The van der Waals surface area contributed by atoms with Crippen molar-refractivity contribution in [2.45, 2.75) is 36.8 Å². The highest BCUT2D eigenvalue weighted by molar-refractivity contribution is 7.89. The Morgan fingerprint density at radius 1 is 0.927 bits per heavy atom. The zero-order valence-corrected chi connectivity index (χ0v) is 24.3. The number of nitrogens with one attached hydrogen (secondary N) is 1. The summed E-state index contributed by atoms with van der Waals surface area (Å²) in [7, 11) is -2.38. The van der Waals surface area contributed by atoms with E-state index in [9.17, 15) is 18.3 Å². The van der Waals surface area contributed by atoms with Crippen molar-refractivity contribution < 1.29 is 23.4 Å². The molecule has 0 fully saturated rings. The predicted molar refractivity (Wildman–Crippen MR) is 164 cm³/mol. The lowest BCUT2D eigenvalue weighted by Crippen LogP contribution is -2.47. The van der Waals surface area contributed by atoms with Gasteiger partial charge in [0.05, 0.1) is 11.0 Å². The number of rotatable bonds is 12. The summed E-state index contributed by atoms with van der Waals surface area (Å²) in [6.45, 7) is 4.31. The Balaban J connectivity index is 1.36. The lowest BCUT2D eigenvalue weighted by atomic mass is 9.93. The number of carboxylic acids is 1. The quantitative estimate of drug-likeness (QED) is 0.202. The van der Waals surface area contributed by atoms with Gasteiger partial charge in [0, 0.05) is 31.8 Å². The zero-order valence-electron chi connectivity index (χ0n) is 23.5. The number of likely N-dealkylation sites (N-methyl/N-ethyl adjacent to an activating group) is 1. The standard InChI is InChI=1S/C33H36N2O5S/c1-33(2,21-25-13-17-26-7-4-5-8-28(26)19-25)34-22-30(36)23-35(3)41(39,40)31-10-6-9-29(20-31)27-15-11-24(12-16-27)14-18-32(37)38/h4-20,30,34,36H,21-23H2,1-3H3,(H,37,38)/b18-14+/t30-/m0/s1. The maximum atomic E-state index is 13.3. The maximum Gasteiger partial charge on any atom is 0.328 e. The van der Waals surface area contributed by atoms with E-state index in [0.29, 0.717) is 5.56 Å². The van der Waals surface area contributed by atoms with Crippen LogP contribution in [0.4, 0.5) is 0 Å². The number of carbonyl (C=O) groups is 1. The topological polar surface area (TPSA) is 107 Å². The van der Waals surface area contributed by atoms with E-state index in [1.54, 1.807) is 24.3 Å². The van der Waals surface area contributed by atoms with Gasteiger partial charge in [-0.3, -0.25) is 0 Å². The SMILES string of the molecule is CN(C[C@@H](O)CNC(C)(C)Cc1ccc2ccccc2c1)S(=O)(=O)c1cccc(-c2ccc(/C=C/C(=O)O)cc2)c1. The summed E-state index contributed by atoms with van der Waals surface area (Å²) in [6.07, 6.45) is 2.41. The molecule has 0 radical (unpaired) electrons. The first-order valence-electron chi connectivity index (χ1n) is 13.4. The molecule has 8 heteroatoms. The van der Waals surface area contributed by atoms with Crippen LogP contribution in [0, 0.1) is 0 Å². The summed E-state index contributed by atoms with van der Waals surface area (Å²) in [4.78, 5) is 10.9. The Kier molecular flexibility index (Phi) is 9.40. The number of nitrogens with zero attached hydrogens (tertiary/aromatic N) is 1. The lowest BCUT2D eigenvalue weighted by Gasteiger charge is -2.29. The molecule has 0 aliphatic rings. The Morgan fingerprint density at radius 3 is 2.34 bits per heavy atom. The molecule has 0 spiro atoms. The molecule has 0 unspecified atom stereocenters. The molecule has 0 aliphatic carbocycles. The number of hydrogen-bond donors (Lipinski definition) is 3. The molecular weight excluding hydrogens is 536 g/mol. The van der Waals surface area contributed by atoms with Crippen molar-refractivity contribution in [3.05, 3.63) is 108 Å². The Hall–Kier alpha value is -3.82. The fourth-order valence-electron chi connectivity index (χ4n) is 4.75. The molecule has 0 aliphatic heterocycles. The minimum Gasteiger partial charge on any atom is -0.478 e. The number of fused-ring (bicyclic) bond motifs is 1. The summed E-state index contributed by atoms with van der Waals surface area (Å²) in [5.74, 6) is -1.03.